The van der Waals surface area contributed by atoms with Gasteiger partial charge < -0.3 is 14.5 Å². The van der Waals surface area contributed by atoms with Gasteiger partial charge in [-0.3, -0.25) is 4.79 Å². The molecule has 0 unspecified atom stereocenters. The molecule has 0 aliphatic rings. The van der Waals surface area contributed by atoms with Gasteiger partial charge in [0.15, 0.2) is 5.69 Å². The molecule has 0 amide bonds. The van der Waals surface area contributed by atoms with E-state index in [-0.39, 0.29) is 11.3 Å². The highest BCUT2D eigenvalue weighted by atomic mass is 16.5. The first kappa shape index (κ1) is 21.2. The molecule has 168 valence electrons. The van der Waals surface area contributed by atoms with Crippen molar-refractivity contribution in [3.8, 4) is 28.1 Å². The molecule has 0 aliphatic heterocycles. The van der Waals surface area contributed by atoms with Crippen LogP contribution < -0.4 is 10.3 Å². The maximum Gasteiger partial charge on any atom is 0.358 e. The quantitative estimate of drug-likeness (QED) is 0.378. The van der Waals surface area contributed by atoms with E-state index in [0.717, 1.165) is 22.4 Å². The molecular weight excluding hydrogens is 430 g/mol. The van der Waals surface area contributed by atoms with E-state index in [1.165, 1.54) is 17.7 Å². The summed E-state index contributed by atoms with van der Waals surface area (Å²) in [5, 5.41) is 4.15. The molecule has 3 aromatic carbocycles. The third-order valence-corrected chi connectivity index (χ3v) is 5.47. The molecule has 0 radical (unpaired) electrons. The SMILES string of the molecule is COC(=O)c1cc2[nH]c(-c3ccc(OCc4ccccc4)cc3)c(-c3ccccc3)c(=O)n2n1. The van der Waals surface area contributed by atoms with Crippen LogP contribution in [0.3, 0.4) is 0 Å². The van der Waals surface area contributed by atoms with Gasteiger partial charge in [0.05, 0.1) is 18.4 Å². The number of carbonyl (C=O) groups excluding carboxylic acids is 1. The zero-order valence-corrected chi connectivity index (χ0v) is 18.4. The Labute approximate surface area is 195 Å². The first-order chi connectivity index (χ1) is 16.6. The summed E-state index contributed by atoms with van der Waals surface area (Å²) in [6.07, 6.45) is 0. The number of ether oxygens (including phenoxy) is 2. The number of hydrogen-bond acceptors (Lipinski definition) is 5. The Kier molecular flexibility index (Phi) is 5.66. The van der Waals surface area contributed by atoms with Gasteiger partial charge in [-0.1, -0.05) is 60.7 Å². The Morgan fingerprint density at radius 3 is 2.26 bits per heavy atom. The summed E-state index contributed by atoms with van der Waals surface area (Å²) in [7, 11) is 1.27. The summed E-state index contributed by atoms with van der Waals surface area (Å²) < 4.78 is 11.8. The molecule has 0 saturated carbocycles. The molecule has 7 nitrogen and oxygen atoms in total. The van der Waals surface area contributed by atoms with E-state index < -0.39 is 5.97 Å². The smallest absolute Gasteiger partial charge is 0.358 e. The molecule has 7 heteroatoms. The molecule has 5 aromatic rings. The Hall–Kier alpha value is -4.65. The van der Waals surface area contributed by atoms with Crippen molar-refractivity contribution >= 4 is 11.6 Å². The molecule has 0 atom stereocenters. The molecule has 2 aromatic heterocycles. The first-order valence-electron chi connectivity index (χ1n) is 10.7. The largest absolute Gasteiger partial charge is 0.489 e. The van der Waals surface area contributed by atoms with E-state index in [2.05, 4.69) is 10.1 Å². The average Bonchev–Trinajstić information content (AvgIpc) is 3.33. The molecule has 0 aliphatic carbocycles. The topological polar surface area (TPSA) is 85.7 Å². The standard InChI is InChI=1S/C27H21N3O4/c1-33-27(32)22-16-23-28-25(24(26(31)30(23)29-22)19-10-6-3-7-11-19)20-12-14-21(15-13-20)34-17-18-8-4-2-5-9-18/h2-16,28H,17H2,1H3. The maximum atomic E-state index is 13.5. The summed E-state index contributed by atoms with van der Waals surface area (Å²) in [5.41, 5.74) is 3.79. The highest BCUT2D eigenvalue weighted by Crippen LogP contribution is 2.30. The van der Waals surface area contributed by atoms with Gasteiger partial charge in [0.25, 0.3) is 5.56 Å². The predicted octanol–water partition coefficient (Wildman–Crippen LogP) is 4.72. The van der Waals surface area contributed by atoms with Crippen LogP contribution in [0, 0.1) is 0 Å². The molecule has 2 heterocycles. The second-order valence-electron chi connectivity index (χ2n) is 7.66. The molecule has 0 spiro atoms. The summed E-state index contributed by atoms with van der Waals surface area (Å²) in [6.45, 7) is 0.463. The van der Waals surface area contributed by atoms with E-state index in [9.17, 15) is 9.59 Å². The molecular formula is C27H21N3O4. The fourth-order valence-corrected chi connectivity index (χ4v) is 3.78. The molecule has 0 saturated heterocycles. The Morgan fingerprint density at radius 2 is 1.59 bits per heavy atom. The molecule has 1 N–H and O–H groups in total. The summed E-state index contributed by atoms with van der Waals surface area (Å²) in [6, 6.07) is 28.3. The average molecular weight is 451 g/mol. The Morgan fingerprint density at radius 1 is 0.912 bits per heavy atom. The molecule has 0 fully saturated rings. The van der Waals surface area contributed by atoms with Gasteiger partial charge in [-0.25, -0.2) is 4.79 Å². The van der Waals surface area contributed by atoms with Crippen molar-refractivity contribution in [3.63, 3.8) is 0 Å². The van der Waals surface area contributed by atoms with Crippen molar-refractivity contribution in [2.45, 2.75) is 6.61 Å². The lowest BCUT2D eigenvalue weighted by Gasteiger charge is -2.12. The van der Waals surface area contributed by atoms with Crippen LogP contribution in [0.5, 0.6) is 5.75 Å². The highest BCUT2D eigenvalue weighted by Gasteiger charge is 2.19. The summed E-state index contributed by atoms with van der Waals surface area (Å²) >= 11 is 0. The molecule has 5 rings (SSSR count). The fraction of sp³-hybridized carbons (Fsp3) is 0.0741. The van der Waals surface area contributed by atoms with Gasteiger partial charge in [0.2, 0.25) is 0 Å². The number of nitrogens with one attached hydrogen (secondary N) is 1. The van der Waals surface area contributed by atoms with Gasteiger partial charge in [-0.2, -0.15) is 9.61 Å². The van der Waals surface area contributed by atoms with Crippen molar-refractivity contribution < 1.29 is 14.3 Å². The second-order valence-corrected chi connectivity index (χ2v) is 7.66. The van der Waals surface area contributed by atoms with E-state index in [1.807, 2.05) is 84.9 Å². The van der Waals surface area contributed by atoms with Crippen LogP contribution in [0.4, 0.5) is 0 Å². The van der Waals surface area contributed by atoms with Crippen molar-refractivity contribution in [1.82, 2.24) is 14.6 Å². The maximum absolute atomic E-state index is 13.5. The number of hydrogen-bond donors (Lipinski definition) is 1. The van der Waals surface area contributed by atoms with Gasteiger partial charge in [0, 0.05) is 6.07 Å². The van der Waals surface area contributed by atoms with Gasteiger partial charge >= 0.3 is 5.97 Å². The fourth-order valence-electron chi connectivity index (χ4n) is 3.78. The lowest BCUT2D eigenvalue weighted by atomic mass is 10.0. The van der Waals surface area contributed by atoms with Crippen LogP contribution in [0.2, 0.25) is 0 Å². The van der Waals surface area contributed by atoms with Crippen molar-refractivity contribution in [1.29, 1.82) is 0 Å². The van der Waals surface area contributed by atoms with Crippen LogP contribution >= 0.6 is 0 Å². The summed E-state index contributed by atoms with van der Waals surface area (Å²) in [4.78, 5) is 28.7. The number of fused-ring (bicyclic) bond motifs is 1. The minimum absolute atomic E-state index is 0.0525. The monoisotopic (exact) mass is 451 g/mol. The Balaban J connectivity index is 1.57. The lowest BCUT2D eigenvalue weighted by molar-refractivity contribution is 0.0593. The van der Waals surface area contributed by atoms with E-state index in [4.69, 9.17) is 9.47 Å². The number of benzene rings is 3. The van der Waals surface area contributed by atoms with Crippen molar-refractivity contribution in [3.05, 3.63) is 113 Å². The number of H-pyrrole nitrogens is 1. The van der Waals surface area contributed by atoms with E-state index in [0.29, 0.717) is 23.5 Å². The third-order valence-electron chi connectivity index (χ3n) is 5.47. The lowest BCUT2D eigenvalue weighted by Crippen LogP contribution is -2.19. The minimum Gasteiger partial charge on any atom is -0.489 e. The van der Waals surface area contributed by atoms with Gasteiger partial charge in [0.1, 0.15) is 18.0 Å². The van der Waals surface area contributed by atoms with Crippen molar-refractivity contribution in [2.24, 2.45) is 0 Å². The number of aromatic nitrogens is 3. The number of aromatic amines is 1. The second kappa shape index (κ2) is 9.07. The first-order valence-corrected chi connectivity index (χ1v) is 10.7. The van der Waals surface area contributed by atoms with Crippen LogP contribution in [-0.2, 0) is 11.3 Å². The van der Waals surface area contributed by atoms with E-state index >= 15 is 0 Å². The van der Waals surface area contributed by atoms with Crippen LogP contribution in [0.25, 0.3) is 28.0 Å². The van der Waals surface area contributed by atoms with Gasteiger partial charge in [-0.05, 0) is 41.0 Å². The number of methoxy groups -OCH3 is 1. The zero-order chi connectivity index (χ0) is 23.5. The zero-order valence-electron chi connectivity index (χ0n) is 18.4. The Bertz CT molecular complexity index is 1510. The number of carbonyl (C=O) groups is 1. The number of rotatable bonds is 6. The van der Waals surface area contributed by atoms with Crippen LogP contribution in [0.15, 0.2) is 95.8 Å². The third kappa shape index (κ3) is 4.06. The highest BCUT2D eigenvalue weighted by molar-refractivity contribution is 5.89. The summed E-state index contributed by atoms with van der Waals surface area (Å²) in [5.74, 6) is 0.105. The van der Waals surface area contributed by atoms with E-state index in [1.54, 1.807) is 0 Å². The van der Waals surface area contributed by atoms with Crippen LogP contribution in [0.1, 0.15) is 16.1 Å². The predicted molar refractivity (Wildman–Crippen MR) is 129 cm³/mol. The van der Waals surface area contributed by atoms with Gasteiger partial charge in [-0.15, -0.1) is 0 Å². The number of nitrogens with zero attached hydrogens (tertiary/aromatic N) is 2. The number of esters is 1. The molecule has 34 heavy (non-hydrogen) atoms. The molecule has 0 bridgehead atoms. The normalized spacial score (nSPS) is 10.9. The van der Waals surface area contributed by atoms with Crippen LogP contribution in [-0.4, -0.2) is 27.7 Å². The van der Waals surface area contributed by atoms with Crippen molar-refractivity contribution in [2.75, 3.05) is 7.11 Å². The minimum atomic E-state index is -0.612.